The van der Waals surface area contributed by atoms with Crippen molar-refractivity contribution in [3.05, 3.63) is 27.7 Å². The highest BCUT2D eigenvalue weighted by molar-refractivity contribution is 7.09. The summed E-state index contributed by atoms with van der Waals surface area (Å²) in [6.45, 7) is 5.91. The lowest BCUT2D eigenvalue weighted by molar-refractivity contribution is 0.541. The second kappa shape index (κ2) is 4.51. The SMILES string of the molecule is Cc1nc(C)n(C(C)c2nc(CCl)cs2)n1. The minimum Gasteiger partial charge on any atom is -0.243 e. The number of aromatic nitrogens is 4. The summed E-state index contributed by atoms with van der Waals surface area (Å²) in [5, 5.41) is 7.36. The molecule has 2 aromatic heterocycles. The smallest absolute Gasteiger partial charge is 0.147 e. The van der Waals surface area contributed by atoms with Gasteiger partial charge in [0.2, 0.25) is 0 Å². The zero-order chi connectivity index (χ0) is 11.7. The van der Waals surface area contributed by atoms with Crippen molar-refractivity contribution in [2.75, 3.05) is 0 Å². The molecule has 0 fully saturated rings. The molecule has 0 spiro atoms. The highest BCUT2D eigenvalue weighted by atomic mass is 35.5. The molecule has 4 nitrogen and oxygen atoms in total. The Kier molecular flexibility index (Phi) is 3.25. The molecular weight excluding hydrogens is 244 g/mol. The number of alkyl halides is 1. The molecule has 1 atom stereocenters. The fourth-order valence-corrected chi connectivity index (χ4v) is 2.67. The van der Waals surface area contributed by atoms with Crippen molar-refractivity contribution in [2.24, 2.45) is 0 Å². The molecular formula is C10H13ClN4S. The third kappa shape index (κ3) is 2.10. The van der Waals surface area contributed by atoms with Crippen molar-refractivity contribution in [1.82, 2.24) is 19.7 Å². The van der Waals surface area contributed by atoms with Gasteiger partial charge >= 0.3 is 0 Å². The van der Waals surface area contributed by atoms with E-state index in [9.17, 15) is 0 Å². The van der Waals surface area contributed by atoms with Crippen LogP contribution >= 0.6 is 22.9 Å². The number of nitrogens with zero attached hydrogens (tertiary/aromatic N) is 4. The summed E-state index contributed by atoms with van der Waals surface area (Å²) in [5.74, 6) is 2.16. The van der Waals surface area contributed by atoms with Crippen LogP contribution in [0.25, 0.3) is 0 Å². The van der Waals surface area contributed by atoms with Crippen LogP contribution in [0.3, 0.4) is 0 Å². The van der Waals surface area contributed by atoms with Gasteiger partial charge in [0.15, 0.2) is 0 Å². The monoisotopic (exact) mass is 256 g/mol. The molecule has 1 unspecified atom stereocenters. The Balaban J connectivity index is 2.31. The van der Waals surface area contributed by atoms with Crippen LogP contribution in [0.15, 0.2) is 5.38 Å². The van der Waals surface area contributed by atoms with E-state index >= 15 is 0 Å². The molecule has 2 rings (SSSR count). The first kappa shape index (κ1) is 11.5. The number of rotatable bonds is 3. The van der Waals surface area contributed by atoms with E-state index in [0.717, 1.165) is 22.4 Å². The normalized spacial score (nSPS) is 13.0. The minimum atomic E-state index is 0.114. The maximum atomic E-state index is 5.74. The molecule has 0 bridgehead atoms. The van der Waals surface area contributed by atoms with Gasteiger partial charge in [0, 0.05) is 5.38 Å². The Morgan fingerprint density at radius 3 is 2.69 bits per heavy atom. The van der Waals surface area contributed by atoms with Crippen molar-refractivity contribution in [1.29, 1.82) is 0 Å². The van der Waals surface area contributed by atoms with Crippen LogP contribution in [0.5, 0.6) is 0 Å². The van der Waals surface area contributed by atoms with Gasteiger partial charge in [-0.25, -0.2) is 14.6 Å². The fourth-order valence-electron chi connectivity index (χ4n) is 1.58. The van der Waals surface area contributed by atoms with Gasteiger partial charge in [-0.15, -0.1) is 22.9 Å². The fraction of sp³-hybridized carbons (Fsp3) is 0.500. The van der Waals surface area contributed by atoms with Crippen LogP contribution in [-0.4, -0.2) is 19.7 Å². The molecule has 0 N–H and O–H groups in total. The summed E-state index contributed by atoms with van der Waals surface area (Å²) in [6, 6.07) is 0.114. The van der Waals surface area contributed by atoms with Crippen LogP contribution in [0, 0.1) is 13.8 Å². The first-order valence-electron chi connectivity index (χ1n) is 5.02. The van der Waals surface area contributed by atoms with E-state index in [0.29, 0.717) is 5.88 Å². The van der Waals surface area contributed by atoms with Gasteiger partial charge in [-0.05, 0) is 20.8 Å². The van der Waals surface area contributed by atoms with E-state index in [-0.39, 0.29) is 6.04 Å². The highest BCUT2D eigenvalue weighted by Gasteiger charge is 2.15. The van der Waals surface area contributed by atoms with Gasteiger partial charge in [0.25, 0.3) is 0 Å². The van der Waals surface area contributed by atoms with Crippen LogP contribution < -0.4 is 0 Å². The standard InChI is InChI=1S/C10H13ClN4S/c1-6(10-13-9(4-11)5-16-10)15-8(3)12-7(2)14-15/h5-6H,4H2,1-3H3. The van der Waals surface area contributed by atoms with Crippen LogP contribution in [0.4, 0.5) is 0 Å². The quantitative estimate of drug-likeness (QED) is 0.793. The van der Waals surface area contributed by atoms with E-state index in [2.05, 4.69) is 22.0 Å². The molecule has 0 amide bonds. The topological polar surface area (TPSA) is 43.6 Å². The first-order chi connectivity index (χ1) is 7.61. The van der Waals surface area contributed by atoms with Gasteiger partial charge in [-0.2, -0.15) is 5.10 Å². The zero-order valence-electron chi connectivity index (χ0n) is 9.44. The predicted molar refractivity (Wildman–Crippen MR) is 65.0 cm³/mol. The average molecular weight is 257 g/mol. The zero-order valence-corrected chi connectivity index (χ0v) is 11.0. The maximum absolute atomic E-state index is 5.74. The van der Waals surface area contributed by atoms with Gasteiger partial charge in [-0.1, -0.05) is 0 Å². The summed E-state index contributed by atoms with van der Waals surface area (Å²) in [4.78, 5) is 8.74. The first-order valence-corrected chi connectivity index (χ1v) is 6.43. The largest absolute Gasteiger partial charge is 0.243 e. The lowest BCUT2D eigenvalue weighted by Crippen LogP contribution is -2.10. The lowest BCUT2D eigenvalue weighted by atomic mass is 10.3. The van der Waals surface area contributed by atoms with E-state index in [1.807, 2.05) is 23.9 Å². The Hall–Kier alpha value is -0.940. The summed E-state index contributed by atoms with van der Waals surface area (Å²) >= 11 is 7.35. The van der Waals surface area contributed by atoms with E-state index in [1.54, 1.807) is 11.3 Å². The molecule has 0 aliphatic heterocycles. The Bertz CT molecular complexity index is 491. The molecule has 0 aliphatic carbocycles. The molecule has 0 radical (unpaired) electrons. The molecule has 6 heteroatoms. The second-order valence-corrected chi connectivity index (χ2v) is 4.79. The van der Waals surface area contributed by atoms with Crippen LogP contribution in [0.1, 0.15) is 35.3 Å². The molecule has 86 valence electrons. The molecule has 0 aromatic carbocycles. The summed E-state index contributed by atoms with van der Waals surface area (Å²) < 4.78 is 1.90. The highest BCUT2D eigenvalue weighted by Crippen LogP contribution is 2.22. The van der Waals surface area contributed by atoms with Crippen molar-refractivity contribution in [3.8, 4) is 0 Å². The molecule has 2 aromatic rings. The van der Waals surface area contributed by atoms with Crippen LogP contribution in [-0.2, 0) is 5.88 Å². The maximum Gasteiger partial charge on any atom is 0.147 e. The van der Waals surface area contributed by atoms with Crippen LogP contribution in [0.2, 0.25) is 0 Å². The third-order valence-electron chi connectivity index (χ3n) is 2.34. The van der Waals surface area contributed by atoms with Crippen molar-refractivity contribution < 1.29 is 0 Å². The number of hydrogen-bond donors (Lipinski definition) is 0. The summed E-state index contributed by atoms with van der Waals surface area (Å²) in [7, 11) is 0. The lowest BCUT2D eigenvalue weighted by Gasteiger charge is -2.09. The predicted octanol–water partition coefficient (Wildman–Crippen LogP) is 2.70. The Labute approximate surface area is 103 Å². The second-order valence-electron chi connectivity index (χ2n) is 3.64. The molecule has 16 heavy (non-hydrogen) atoms. The Morgan fingerprint density at radius 1 is 1.44 bits per heavy atom. The minimum absolute atomic E-state index is 0.114. The molecule has 0 saturated heterocycles. The van der Waals surface area contributed by atoms with Gasteiger partial charge in [-0.3, -0.25) is 0 Å². The van der Waals surface area contributed by atoms with E-state index in [1.165, 1.54) is 0 Å². The third-order valence-corrected chi connectivity index (χ3v) is 3.68. The number of hydrogen-bond acceptors (Lipinski definition) is 4. The molecule has 2 heterocycles. The number of aryl methyl sites for hydroxylation is 2. The van der Waals surface area contributed by atoms with E-state index in [4.69, 9.17) is 11.6 Å². The average Bonchev–Trinajstić information content (AvgIpc) is 2.84. The number of thiazole rings is 1. The van der Waals surface area contributed by atoms with Gasteiger partial charge in [0.1, 0.15) is 22.7 Å². The van der Waals surface area contributed by atoms with E-state index < -0.39 is 0 Å². The van der Waals surface area contributed by atoms with Crippen molar-refractivity contribution >= 4 is 22.9 Å². The van der Waals surface area contributed by atoms with Crippen molar-refractivity contribution in [3.63, 3.8) is 0 Å². The summed E-state index contributed by atoms with van der Waals surface area (Å²) in [6.07, 6.45) is 0. The molecule has 0 saturated carbocycles. The van der Waals surface area contributed by atoms with Crippen molar-refractivity contribution in [2.45, 2.75) is 32.7 Å². The summed E-state index contributed by atoms with van der Waals surface area (Å²) in [5.41, 5.74) is 0.919. The van der Waals surface area contributed by atoms with Gasteiger partial charge in [0.05, 0.1) is 11.6 Å². The Morgan fingerprint density at radius 2 is 2.19 bits per heavy atom. The number of halogens is 1. The molecule has 0 aliphatic rings. The van der Waals surface area contributed by atoms with Gasteiger partial charge < -0.3 is 0 Å².